The Morgan fingerprint density at radius 3 is 2.93 bits per heavy atom. The molecule has 0 bridgehead atoms. The molecule has 8 heteroatoms. The molecule has 3 rings (SSSR count). The van der Waals surface area contributed by atoms with Crippen LogP contribution in [-0.4, -0.2) is 51.5 Å². The van der Waals surface area contributed by atoms with E-state index in [-0.39, 0.29) is 5.91 Å². The highest BCUT2D eigenvalue weighted by atomic mass is 32.2. The molecule has 0 saturated carbocycles. The SMILES string of the molecule is COc1cccc(OCc2nnc(SCC(=O)N3CCC[C@H](C)C3)n2C)c1. The van der Waals surface area contributed by atoms with Gasteiger partial charge < -0.3 is 18.9 Å². The van der Waals surface area contributed by atoms with Gasteiger partial charge in [0.25, 0.3) is 0 Å². The molecule has 1 atom stereocenters. The number of aromatic nitrogens is 3. The number of methoxy groups -OCH3 is 1. The van der Waals surface area contributed by atoms with Crippen LogP contribution in [-0.2, 0) is 18.4 Å². The Kier molecular flexibility index (Phi) is 6.60. The van der Waals surface area contributed by atoms with Gasteiger partial charge in [0.2, 0.25) is 5.91 Å². The summed E-state index contributed by atoms with van der Waals surface area (Å²) in [6, 6.07) is 7.43. The molecule has 1 saturated heterocycles. The molecule has 0 aliphatic carbocycles. The maximum Gasteiger partial charge on any atom is 0.233 e. The molecule has 27 heavy (non-hydrogen) atoms. The van der Waals surface area contributed by atoms with E-state index in [9.17, 15) is 4.79 Å². The topological polar surface area (TPSA) is 69.5 Å². The van der Waals surface area contributed by atoms with Gasteiger partial charge in [-0.05, 0) is 30.9 Å². The molecule has 7 nitrogen and oxygen atoms in total. The van der Waals surface area contributed by atoms with E-state index in [1.54, 1.807) is 7.11 Å². The predicted molar refractivity (Wildman–Crippen MR) is 104 cm³/mol. The van der Waals surface area contributed by atoms with Crippen molar-refractivity contribution in [2.75, 3.05) is 26.0 Å². The smallest absolute Gasteiger partial charge is 0.233 e. The maximum absolute atomic E-state index is 12.4. The molecule has 1 amide bonds. The summed E-state index contributed by atoms with van der Waals surface area (Å²) in [5.41, 5.74) is 0. The first-order chi connectivity index (χ1) is 13.1. The second-order valence-corrected chi connectivity index (χ2v) is 7.74. The van der Waals surface area contributed by atoms with Crippen molar-refractivity contribution in [2.45, 2.75) is 31.5 Å². The van der Waals surface area contributed by atoms with Gasteiger partial charge in [0, 0.05) is 26.2 Å². The summed E-state index contributed by atoms with van der Waals surface area (Å²) in [4.78, 5) is 14.4. The van der Waals surface area contributed by atoms with E-state index in [2.05, 4.69) is 17.1 Å². The predicted octanol–water partition coefficient (Wildman–Crippen LogP) is 2.75. The van der Waals surface area contributed by atoms with Crippen LogP contribution in [0, 0.1) is 5.92 Å². The average molecular weight is 391 g/mol. The Labute approximate surface area is 164 Å². The number of hydrogen-bond donors (Lipinski definition) is 0. The highest BCUT2D eigenvalue weighted by Crippen LogP contribution is 2.22. The fourth-order valence-corrected chi connectivity index (χ4v) is 3.90. The van der Waals surface area contributed by atoms with Gasteiger partial charge in [-0.25, -0.2) is 0 Å². The molecule has 1 fully saturated rings. The maximum atomic E-state index is 12.4. The van der Waals surface area contributed by atoms with E-state index >= 15 is 0 Å². The zero-order valence-corrected chi connectivity index (χ0v) is 16.9. The molecular weight excluding hydrogens is 364 g/mol. The zero-order chi connectivity index (χ0) is 19.2. The first-order valence-corrected chi connectivity index (χ1v) is 10.1. The van der Waals surface area contributed by atoms with Crippen LogP contribution in [0.3, 0.4) is 0 Å². The van der Waals surface area contributed by atoms with Crippen LogP contribution in [0.1, 0.15) is 25.6 Å². The molecule has 0 radical (unpaired) electrons. The number of thioether (sulfide) groups is 1. The van der Waals surface area contributed by atoms with Gasteiger partial charge in [-0.2, -0.15) is 0 Å². The summed E-state index contributed by atoms with van der Waals surface area (Å²) < 4.78 is 12.8. The van der Waals surface area contributed by atoms with Crippen LogP contribution < -0.4 is 9.47 Å². The van der Waals surface area contributed by atoms with Gasteiger partial charge in [-0.1, -0.05) is 24.8 Å². The number of piperidine rings is 1. The van der Waals surface area contributed by atoms with Crippen molar-refractivity contribution >= 4 is 17.7 Å². The minimum absolute atomic E-state index is 0.170. The Morgan fingerprint density at radius 1 is 1.33 bits per heavy atom. The largest absolute Gasteiger partial charge is 0.497 e. The lowest BCUT2D eigenvalue weighted by Crippen LogP contribution is -2.40. The van der Waals surface area contributed by atoms with Crippen molar-refractivity contribution < 1.29 is 14.3 Å². The zero-order valence-electron chi connectivity index (χ0n) is 16.1. The molecule has 1 aliphatic rings. The molecular formula is C19H26N4O3S. The van der Waals surface area contributed by atoms with E-state index in [4.69, 9.17) is 9.47 Å². The molecule has 1 aromatic carbocycles. The van der Waals surface area contributed by atoms with Gasteiger partial charge in [-0.15, -0.1) is 10.2 Å². The number of likely N-dealkylation sites (tertiary alicyclic amines) is 1. The highest BCUT2D eigenvalue weighted by Gasteiger charge is 2.21. The average Bonchev–Trinajstić information content (AvgIpc) is 3.04. The summed E-state index contributed by atoms with van der Waals surface area (Å²) in [7, 11) is 3.51. The number of benzene rings is 1. The second-order valence-electron chi connectivity index (χ2n) is 6.80. The van der Waals surface area contributed by atoms with Crippen molar-refractivity contribution in [1.82, 2.24) is 19.7 Å². The minimum Gasteiger partial charge on any atom is -0.497 e. The fraction of sp³-hybridized carbons (Fsp3) is 0.526. The molecule has 1 aliphatic heterocycles. The van der Waals surface area contributed by atoms with Gasteiger partial charge in [-0.3, -0.25) is 4.79 Å². The Balaban J connectivity index is 1.52. The van der Waals surface area contributed by atoms with Crippen molar-refractivity contribution in [1.29, 1.82) is 0 Å². The quantitative estimate of drug-likeness (QED) is 0.677. The highest BCUT2D eigenvalue weighted by molar-refractivity contribution is 7.99. The normalized spacial score (nSPS) is 17.0. The van der Waals surface area contributed by atoms with Crippen LogP contribution in [0.15, 0.2) is 29.4 Å². The van der Waals surface area contributed by atoms with Crippen LogP contribution >= 0.6 is 11.8 Å². The molecule has 0 spiro atoms. The molecule has 1 aromatic heterocycles. The summed E-state index contributed by atoms with van der Waals surface area (Å²) >= 11 is 1.42. The van der Waals surface area contributed by atoms with E-state index < -0.39 is 0 Å². The van der Waals surface area contributed by atoms with E-state index in [0.29, 0.717) is 29.9 Å². The molecule has 0 N–H and O–H groups in total. The first kappa shape index (κ1) is 19.5. The number of nitrogens with zero attached hydrogens (tertiary/aromatic N) is 4. The monoisotopic (exact) mass is 390 g/mol. The summed E-state index contributed by atoms with van der Waals surface area (Å²) in [5, 5.41) is 9.10. The minimum atomic E-state index is 0.170. The van der Waals surface area contributed by atoms with E-state index in [1.807, 2.05) is 40.8 Å². The van der Waals surface area contributed by atoms with E-state index in [1.165, 1.54) is 18.2 Å². The fourth-order valence-electron chi connectivity index (χ4n) is 3.07. The van der Waals surface area contributed by atoms with Gasteiger partial charge in [0.1, 0.15) is 18.1 Å². The number of amides is 1. The lowest BCUT2D eigenvalue weighted by Gasteiger charge is -2.30. The lowest BCUT2D eigenvalue weighted by atomic mass is 10.0. The number of carbonyl (C=O) groups excluding carboxylic acids is 1. The Morgan fingerprint density at radius 2 is 2.15 bits per heavy atom. The molecule has 146 valence electrons. The molecule has 2 aromatic rings. The third-order valence-electron chi connectivity index (χ3n) is 4.67. The standard InChI is InChI=1S/C19H26N4O3S/c1-14-6-5-9-23(11-14)18(24)13-27-19-21-20-17(22(19)2)12-26-16-8-4-7-15(10-16)25-3/h4,7-8,10,14H,5-6,9,11-13H2,1-3H3/t14-/m0/s1. The van der Waals surface area contributed by atoms with Crippen molar-refractivity contribution in [3.8, 4) is 11.5 Å². The van der Waals surface area contributed by atoms with E-state index in [0.717, 1.165) is 30.4 Å². The van der Waals surface area contributed by atoms with Gasteiger partial charge in [0.05, 0.1) is 12.9 Å². The van der Waals surface area contributed by atoms with Crippen LogP contribution in [0.2, 0.25) is 0 Å². The van der Waals surface area contributed by atoms with Crippen LogP contribution in [0.25, 0.3) is 0 Å². The van der Waals surface area contributed by atoms with Crippen molar-refractivity contribution in [2.24, 2.45) is 13.0 Å². The Bertz CT molecular complexity index is 780. The summed E-state index contributed by atoms with van der Waals surface area (Å²) in [6.45, 7) is 4.22. The molecule has 2 heterocycles. The second kappa shape index (κ2) is 9.12. The van der Waals surface area contributed by atoms with Gasteiger partial charge >= 0.3 is 0 Å². The molecule has 0 unspecified atom stereocenters. The summed E-state index contributed by atoms with van der Waals surface area (Å²) in [6.07, 6.45) is 2.30. The number of carbonyl (C=O) groups is 1. The number of ether oxygens (including phenoxy) is 2. The lowest BCUT2D eigenvalue weighted by molar-refractivity contribution is -0.130. The van der Waals surface area contributed by atoms with Crippen LogP contribution in [0.4, 0.5) is 0 Å². The van der Waals surface area contributed by atoms with Gasteiger partial charge in [0.15, 0.2) is 11.0 Å². The van der Waals surface area contributed by atoms with Crippen LogP contribution in [0.5, 0.6) is 11.5 Å². The first-order valence-electron chi connectivity index (χ1n) is 9.12. The third-order valence-corrected chi connectivity index (χ3v) is 5.67. The van der Waals surface area contributed by atoms with Crippen molar-refractivity contribution in [3.05, 3.63) is 30.1 Å². The van der Waals surface area contributed by atoms with Crippen molar-refractivity contribution in [3.63, 3.8) is 0 Å². The number of hydrogen-bond acceptors (Lipinski definition) is 6. The third kappa shape index (κ3) is 5.15. The summed E-state index contributed by atoms with van der Waals surface area (Å²) in [5.74, 6) is 3.30. The number of rotatable bonds is 7. The Hall–Kier alpha value is -2.22.